The van der Waals surface area contributed by atoms with Crippen LogP contribution in [0.25, 0.3) is 0 Å². The van der Waals surface area contributed by atoms with Crippen molar-refractivity contribution in [1.82, 2.24) is 0 Å². The van der Waals surface area contributed by atoms with Gasteiger partial charge in [0, 0.05) is 12.8 Å². The van der Waals surface area contributed by atoms with Gasteiger partial charge in [-0.1, -0.05) is 90.4 Å². The van der Waals surface area contributed by atoms with Crippen LogP contribution in [0.15, 0.2) is 0 Å². The number of alkyl halides is 8. The number of hydrogen-bond acceptors (Lipinski definition) is 4. The maximum absolute atomic E-state index is 13.3. The van der Waals surface area contributed by atoms with Crippen LogP contribution in [0.3, 0.4) is 0 Å². The third kappa shape index (κ3) is 14.5. The number of ether oxygens (including phenoxy) is 2. The number of hydrogen-bond donors (Lipinski definition) is 0. The molecule has 0 atom stereocenters. The van der Waals surface area contributed by atoms with E-state index >= 15 is 0 Å². The van der Waals surface area contributed by atoms with Gasteiger partial charge in [0.25, 0.3) is 0 Å². The van der Waals surface area contributed by atoms with Crippen LogP contribution < -0.4 is 0 Å². The largest absolute Gasteiger partial charge is 0.466 e. The average Bonchev–Trinajstić information content (AvgIpc) is 2.84. The Morgan fingerprint density at radius 2 is 1.00 bits per heavy atom. The Balaban J connectivity index is 3.78. The molecule has 12 heteroatoms. The van der Waals surface area contributed by atoms with E-state index in [2.05, 4.69) is 11.7 Å². The number of carbonyl (C=O) groups excluding carboxylic acids is 2. The van der Waals surface area contributed by atoms with E-state index in [1.807, 2.05) is 0 Å². The van der Waals surface area contributed by atoms with Gasteiger partial charge in [-0.25, -0.2) is 8.78 Å². The topological polar surface area (TPSA) is 52.6 Å². The molecule has 0 aliphatic carbocycles. The molecule has 0 aromatic carbocycles. The molecule has 0 N–H and O–H groups in total. The average molecular weight is 571 g/mol. The van der Waals surface area contributed by atoms with Gasteiger partial charge in [-0.2, -0.15) is 26.3 Å². The molecule has 0 aliphatic rings. The molecule has 4 nitrogen and oxygen atoms in total. The normalized spacial score (nSPS) is 12.7. The van der Waals surface area contributed by atoms with Crippen LogP contribution in [-0.4, -0.2) is 49.3 Å². The summed E-state index contributed by atoms with van der Waals surface area (Å²) in [6.07, 6.45) is 10.3. The van der Waals surface area contributed by atoms with Crippen LogP contribution in [0.5, 0.6) is 0 Å². The number of halogens is 8. The summed E-state index contributed by atoms with van der Waals surface area (Å²) in [6, 6.07) is 0. The Kier molecular flexibility index (Phi) is 18.6. The van der Waals surface area contributed by atoms with Crippen molar-refractivity contribution in [3.63, 3.8) is 0 Å². The molecule has 38 heavy (non-hydrogen) atoms. The molecule has 0 rings (SSSR count). The summed E-state index contributed by atoms with van der Waals surface area (Å²) in [5.74, 6) is -20.6. The van der Waals surface area contributed by atoms with Crippen LogP contribution in [0, 0.1) is 0 Å². The molecule has 0 saturated heterocycles. The molecule has 0 amide bonds. The molecular formula is C26H42F8O4. The van der Waals surface area contributed by atoms with Gasteiger partial charge in [0.1, 0.15) is 0 Å². The predicted octanol–water partition coefficient (Wildman–Crippen LogP) is 8.90. The summed E-state index contributed by atoms with van der Waals surface area (Å²) < 4.78 is 111. The van der Waals surface area contributed by atoms with Gasteiger partial charge in [-0.3, -0.25) is 9.59 Å². The van der Waals surface area contributed by atoms with Gasteiger partial charge in [0.15, 0.2) is 6.61 Å². The zero-order chi connectivity index (χ0) is 29.1. The molecule has 226 valence electrons. The minimum absolute atomic E-state index is 0.182. The predicted molar refractivity (Wildman–Crippen MR) is 127 cm³/mol. The van der Waals surface area contributed by atoms with Crippen molar-refractivity contribution in [3.05, 3.63) is 0 Å². The minimum atomic E-state index is -6.44. The van der Waals surface area contributed by atoms with Crippen molar-refractivity contribution in [3.8, 4) is 0 Å². The Hall–Kier alpha value is -1.62. The van der Waals surface area contributed by atoms with Gasteiger partial charge in [-0.15, -0.1) is 0 Å². The highest BCUT2D eigenvalue weighted by molar-refractivity contribution is 5.72. The van der Waals surface area contributed by atoms with Crippen LogP contribution in [-0.2, 0) is 19.1 Å². The van der Waals surface area contributed by atoms with E-state index in [1.165, 1.54) is 64.2 Å². The van der Waals surface area contributed by atoms with Crippen molar-refractivity contribution in [2.45, 2.75) is 140 Å². The summed E-state index contributed by atoms with van der Waals surface area (Å²) in [4.78, 5) is 23.0. The van der Waals surface area contributed by atoms with Gasteiger partial charge >= 0.3 is 36.1 Å². The lowest BCUT2D eigenvalue weighted by atomic mass is 10.0. The smallest absolute Gasteiger partial charge is 0.381 e. The molecule has 0 fully saturated rings. The first-order chi connectivity index (χ1) is 17.8. The summed E-state index contributed by atoms with van der Waals surface area (Å²) in [5, 5.41) is 0. The molecule has 0 aromatic heterocycles. The molecule has 0 radical (unpaired) electrons. The highest BCUT2D eigenvalue weighted by Gasteiger charge is 2.75. The second-order valence-corrected chi connectivity index (χ2v) is 9.53. The van der Waals surface area contributed by atoms with Crippen LogP contribution in [0.4, 0.5) is 35.1 Å². The van der Waals surface area contributed by atoms with Gasteiger partial charge in [0.2, 0.25) is 0 Å². The number of carbonyl (C=O) groups is 2. The maximum atomic E-state index is 13.3. The zero-order valence-corrected chi connectivity index (χ0v) is 22.2. The Morgan fingerprint density at radius 1 is 0.605 bits per heavy atom. The maximum Gasteiger partial charge on any atom is 0.381 e. The Labute approximate surface area is 220 Å². The third-order valence-electron chi connectivity index (χ3n) is 6.09. The Morgan fingerprint density at radius 3 is 1.42 bits per heavy atom. The van der Waals surface area contributed by atoms with E-state index in [0.29, 0.717) is 6.42 Å². The summed E-state index contributed by atoms with van der Waals surface area (Å²) in [5.41, 5.74) is 0. The monoisotopic (exact) mass is 570 g/mol. The van der Waals surface area contributed by atoms with E-state index in [-0.39, 0.29) is 19.4 Å². The first-order valence-corrected chi connectivity index (χ1v) is 13.5. The van der Waals surface area contributed by atoms with E-state index in [9.17, 15) is 44.7 Å². The molecule has 0 unspecified atom stereocenters. The second-order valence-electron chi connectivity index (χ2n) is 9.53. The van der Waals surface area contributed by atoms with Gasteiger partial charge in [-0.05, 0) is 12.8 Å². The van der Waals surface area contributed by atoms with Crippen molar-refractivity contribution >= 4 is 11.9 Å². The fourth-order valence-corrected chi connectivity index (χ4v) is 3.65. The minimum Gasteiger partial charge on any atom is -0.466 e. The van der Waals surface area contributed by atoms with Crippen molar-refractivity contribution < 1.29 is 54.2 Å². The first kappa shape index (κ1) is 36.4. The first-order valence-electron chi connectivity index (χ1n) is 13.5. The summed E-state index contributed by atoms with van der Waals surface area (Å²) in [7, 11) is 0. The van der Waals surface area contributed by atoms with Crippen molar-refractivity contribution in [2.75, 3.05) is 13.2 Å². The molecule has 0 saturated carbocycles. The van der Waals surface area contributed by atoms with Crippen molar-refractivity contribution in [2.24, 2.45) is 0 Å². The molecule has 0 aliphatic heterocycles. The highest BCUT2D eigenvalue weighted by Crippen LogP contribution is 2.48. The van der Waals surface area contributed by atoms with Crippen molar-refractivity contribution in [1.29, 1.82) is 0 Å². The third-order valence-corrected chi connectivity index (χ3v) is 6.09. The molecule has 0 aromatic rings. The number of esters is 2. The zero-order valence-electron chi connectivity index (χ0n) is 22.2. The fourth-order valence-electron chi connectivity index (χ4n) is 3.65. The molecule has 0 bridgehead atoms. The second kappa shape index (κ2) is 19.4. The van der Waals surface area contributed by atoms with E-state index in [4.69, 9.17) is 4.74 Å². The fraction of sp³-hybridized carbons (Fsp3) is 0.923. The summed E-state index contributed by atoms with van der Waals surface area (Å²) >= 11 is 0. The van der Waals surface area contributed by atoms with Gasteiger partial charge < -0.3 is 9.47 Å². The van der Waals surface area contributed by atoms with E-state index in [1.54, 1.807) is 0 Å². The quantitative estimate of drug-likeness (QED) is 0.0661. The Bertz CT molecular complexity index is 645. The van der Waals surface area contributed by atoms with Crippen LogP contribution in [0.1, 0.15) is 116 Å². The SMILES string of the molecule is CCCCCCCCCCCCCCCCOC(=O)CCCC(=O)OCC(F)(F)C(F)(F)C(F)(F)C(F)F. The summed E-state index contributed by atoms with van der Waals surface area (Å²) in [6.45, 7) is -0.120. The molecule has 0 heterocycles. The van der Waals surface area contributed by atoms with E-state index < -0.39 is 49.2 Å². The lowest BCUT2D eigenvalue weighted by Gasteiger charge is -2.31. The lowest BCUT2D eigenvalue weighted by molar-refractivity contribution is -0.344. The van der Waals surface area contributed by atoms with Crippen LogP contribution in [0.2, 0.25) is 0 Å². The lowest BCUT2D eigenvalue weighted by Crippen LogP contribution is -2.59. The van der Waals surface area contributed by atoms with E-state index in [0.717, 1.165) is 19.3 Å². The van der Waals surface area contributed by atoms with Crippen LogP contribution >= 0.6 is 0 Å². The molecule has 0 spiro atoms. The number of unbranched alkanes of at least 4 members (excludes halogenated alkanes) is 13. The van der Waals surface area contributed by atoms with Gasteiger partial charge in [0.05, 0.1) is 6.61 Å². The number of rotatable bonds is 24. The molecular weight excluding hydrogens is 528 g/mol. The highest BCUT2D eigenvalue weighted by atomic mass is 19.4. The standard InChI is InChI=1S/C26H42F8O4/c1-2-3-4-5-6-7-8-9-10-11-12-13-14-15-19-37-21(35)17-16-18-22(36)38-20-24(29,30)26(33,34)25(31,32)23(27)28/h23H,2-20H2,1H3.